The molecule has 2 aromatic rings. The van der Waals surface area contributed by atoms with Crippen LogP contribution in [-0.4, -0.2) is 21.3 Å². The van der Waals surface area contributed by atoms with E-state index in [4.69, 9.17) is 5.11 Å². The monoisotopic (exact) mass is 256 g/mol. The summed E-state index contributed by atoms with van der Waals surface area (Å²) in [6.45, 7) is 0. The zero-order valence-corrected chi connectivity index (χ0v) is 8.82. The highest BCUT2D eigenvalue weighted by Gasteiger charge is 2.32. The van der Waals surface area contributed by atoms with Crippen molar-refractivity contribution in [3.05, 3.63) is 41.6 Å². The van der Waals surface area contributed by atoms with Crippen molar-refractivity contribution in [1.82, 2.24) is 10.2 Å². The fraction of sp³-hybridized carbons (Fsp3) is 0.0909. The summed E-state index contributed by atoms with van der Waals surface area (Å²) >= 11 is 0. The van der Waals surface area contributed by atoms with Crippen LogP contribution in [0, 0.1) is 0 Å². The van der Waals surface area contributed by atoms with Gasteiger partial charge in [-0.05, 0) is 24.3 Å². The normalized spacial score (nSPS) is 11.5. The molecule has 0 saturated heterocycles. The third-order valence-corrected chi connectivity index (χ3v) is 2.32. The molecule has 4 nitrogen and oxygen atoms in total. The van der Waals surface area contributed by atoms with Crippen LogP contribution >= 0.6 is 0 Å². The highest BCUT2D eigenvalue weighted by molar-refractivity contribution is 5.89. The van der Waals surface area contributed by atoms with Gasteiger partial charge in [0.2, 0.25) is 0 Å². The van der Waals surface area contributed by atoms with Crippen LogP contribution in [-0.2, 0) is 6.18 Å². The van der Waals surface area contributed by atoms with Crippen molar-refractivity contribution in [2.45, 2.75) is 6.18 Å². The SMILES string of the molecule is O=C(O)c1cc(-c2ccn[nH]2)cc(C(F)(F)F)c1. The van der Waals surface area contributed by atoms with E-state index >= 15 is 0 Å². The molecule has 0 aliphatic heterocycles. The van der Waals surface area contributed by atoms with E-state index in [1.807, 2.05) is 0 Å². The van der Waals surface area contributed by atoms with Gasteiger partial charge in [-0.2, -0.15) is 18.3 Å². The lowest BCUT2D eigenvalue weighted by molar-refractivity contribution is -0.137. The fourth-order valence-electron chi connectivity index (χ4n) is 1.49. The molecule has 2 rings (SSSR count). The Morgan fingerprint density at radius 3 is 2.50 bits per heavy atom. The number of aromatic nitrogens is 2. The van der Waals surface area contributed by atoms with Gasteiger partial charge < -0.3 is 5.11 Å². The van der Waals surface area contributed by atoms with E-state index in [9.17, 15) is 18.0 Å². The Morgan fingerprint density at radius 2 is 2.00 bits per heavy atom. The molecule has 18 heavy (non-hydrogen) atoms. The number of hydrogen-bond acceptors (Lipinski definition) is 2. The van der Waals surface area contributed by atoms with Gasteiger partial charge in [-0.15, -0.1) is 0 Å². The zero-order valence-electron chi connectivity index (χ0n) is 8.82. The average molecular weight is 256 g/mol. The summed E-state index contributed by atoms with van der Waals surface area (Å²) < 4.78 is 37.9. The predicted molar refractivity (Wildman–Crippen MR) is 56.0 cm³/mol. The number of alkyl halides is 3. The Kier molecular flexibility index (Phi) is 2.82. The van der Waals surface area contributed by atoms with Crippen molar-refractivity contribution in [2.75, 3.05) is 0 Å². The molecule has 94 valence electrons. The van der Waals surface area contributed by atoms with Crippen LogP contribution in [0.3, 0.4) is 0 Å². The Hall–Kier alpha value is -2.31. The molecule has 0 unspecified atom stereocenters. The first-order chi connectivity index (χ1) is 8.38. The molecule has 2 N–H and O–H groups in total. The highest BCUT2D eigenvalue weighted by atomic mass is 19.4. The number of hydrogen-bond donors (Lipinski definition) is 2. The topological polar surface area (TPSA) is 66.0 Å². The summed E-state index contributed by atoms with van der Waals surface area (Å²) in [5.74, 6) is -1.41. The molecule has 0 atom stereocenters. The zero-order chi connectivity index (χ0) is 13.3. The Morgan fingerprint density at radius 1 is 1.28 bits per heavy atom. The lowest BCUT2D eigenvalue weighted by Crippen LogP contribution is -2.08. The number of nitrogens with one attached hydrogen (secondary N) is 1. The van der Waals surface area contributed by atoms with Crippen molar-refractivity contribution < 1.29 is 23.1 Å². The maximum Gasteiger partial charge on any atom is 0.416 e. The van der Waals surface area contributed by atoms with Crippen molar-refractivity contribution in [1.29, 1.82) is 0 Å². The van der Waals surface area contributed by atoms with Gasteiger partial charge in [0.25, 0.3) is 0 Å². The van der Waals surface area contributed by atoms with E-state index in [-0.39, 0.29) is 5.56 Å². The quantitative estimate of drug-likeness (QED) is 0.868. The minimum absolute atomic E-state index is 0.125. The van der Waals surface area contributed by atoms with Crippen molar-refractivity contribution in [3.8, 4) is 11.3 Å². The lowest BCUT2D eigenvalue weighted by atomic mass is 10.0. The Labute approximate surface area is 99.1 Å². The fourth-order valence-corrected chi connectivity index (χ4v) is 1.49. The summed E-state index contributed by atoms with van der Waals surface area (Å²) in [7, 11) is 0. The van der Waals surface area contributed by atoms with Crippen LogP contribution in [0.25, 0.3) is 11.3 Å². The van der Waals surface area contributed by atoms with E-state index in [1.54, 1.807) is 0 Å². The van der Waals surface area contributed by atoms with Crippen LogP contribution in [0.5, 0.6) is 0 Å². The van der Waals surface area contributed by atoms with E-state index in [1.165, 1.54) is 12.3 Å². The number of halogens is 3. The first-order valence-corrected chi connectivity index (χ1v) is 4.83. The van der Waals surface area contributed by atoms with Gasteiger partial charge in [0.1, 0.15) is 0 Å². The molecule has 0 saturated carbocycles. The summed E-state index contributed by atoms with van der Waals surface area (Å²) in [6, 6.07) is 4.09. The molecular formula is C11H7F3N2O2. The number of benzene rings is 1. The highest BCUT2D eigenvalue weighted by Crippen LogP contribution is 2.33. The molecule has 0 aliphatic rings. The molecule has 1 heterocycles. The van der Waals surface area contributed by atoms with E-state index in [2.05, 4.69) is 10.2 Å². The van der Waals surface area contributed by atoms with Crippen molar-refractivity contribution in [3.63, 3.8) is 0 Å². The second kappa shape index (κ2) is 4.17. The maximum absolute atomic E-state index is 12.6. The molecule has 1 aromatic carbocycles. The third-order valence-electron chi connectivity index (χ3n) is 2.32. The molecular weight excluding hydrogens is 249 g/mol. The van der Waals surface area contributed by atoms with Crippen LogP contribution in [0.1, 0.15) is 15.9 Å². The minimum Gasteiger partial charge on any atom is -0.478 e. The first kappa shape index (κ1) is 12.2. The van der Waals surface area contributed by atoms with Gasteiger partial charge in [-0.3, -0.25) is 5.10 Å². The molecule has 7 heteroatoms. The average Bonchev–Trinajstić information content (AvgIpc) is 2.80. The van der Waals surface area contributed by atoms with Crippen LogP contribution in [0.4, 0.5) is 13.2 Å². The Bertz CT molecular complexity index is 576. The van der Waals surface area contributed by atoms with E-state index in [0.717, 1.165) is 12.1 Å². The van der Waals surface area contributed by atoms with E-state index in [0.29, 0.717) is 11.8 Å². The van der Waals surface area contributed by atoms with Gasteiger partial charge in [0.15, 0.2) is 0 Å². The van der Waals surface area contributed by atoms with Crippen molar-refractivity contribution in [2.24, 2.45) is 0 Å². The second-order valence-corrected chi connectivity index (χ2v) is 3.57. The molecule has 0 spiro atoms. The maximum atomic E-state index is 12.6. The van der Waals surface area contributed by atoms with Gasteiger partial charge in [-0.1, -0.05) is 0 Å². The number of carboxylic acids is 1. The summed E-state index contributed by atoms with van der Waals surface area (Å²) in [5, 5.41) is 14.9. The Balaban J connectivity index is 2.61. The molecule has 0 radical (unpaired) electrons. The van der Waals surface area contributed by atoms with Crippen molar-refractivity contribution >= 4 is 5.97 Å². The predicted octanol–water partition coefficient (Wildman–Crippen LogP) is 2.79. The number of H-pyrrole nitrogens is 1. The van der Waals surface area contributed by atoms with Gasteiger partial charge in [0.05, 0.1) is 16.8 Å². The van der Waals surface area contributed by atoms with Gasteiger partial charge in [-0.25, -0.2) is 4.79 Å². The molecule has 0 amide bonds. The molecule has 0 fully saturated rings. The minimum atomic E-state index is -4.60. The van der Waals surface area contributed by atoms with Crippen LogP contribution in [0.2, 0.25) is 0 Å². The summed E-state index contributed by atoms with van der Waals surface area (Å²) in [6.07, 6.45) is -3.23. The van der Waals surface area contributed by atoms with Gasteiger partial charge >= 0.3 is 12.1 Å². The number of carboxylic acid groups (broad SMARTS) is 1. The van der Waals surface area contributed by atoms with Gasteiger partial charge in [0, 0.05) is 11.8 Å². The van der Waals surface area contributed by atoms with Crippen LogP contribution < -0.4 is 0 Å². The smallest absolute Gasteiger partial charge is 0.416 e. The largest absolute Gasteiger partial charge is 0.478 e. The van der Waals surface area contributed by atoms with E-state index < -0.39 is 23.3 Å². The second-order valence-electron chi connectivity index (χ2n) is 3.57. The number of nitrogens with zero attached hydrogens (tertiary/aromatic N) is 1. The number of aromatic carboxylic acids is 1. The standard InChI is InChI=1S/C11H7F3N2O2/c12-11(13,14)8-4-6(9-1-2-15-16-9)3-7(5-8)10(17)18/h1-5H,(H,15,16)(H,17,18). The van der Waals surface area contributed by atoms with Crippen LogP contribution in [0.15, 0.2) is 30.5 Å². The summed E-state index contributed by atoms with van der Waals surface area (Å²) in [5.41, 5.74) is -0.982. The molecule has 1 aromatic heterocycles. The number of carbonyl (C=O) groups is 1. The molecule has 0 aliphatic carbocycles. The lowest BCUT2D eigenvalue weighted by Gasteiger charge is -2.09. The summed E-state index contributed by atoms with van der Waals surface area (Å²) in [4.78, 5) is 10.8. The first-order valence-electron chi connectivity index (χ1n) is 4.83. The molecule has 0 bridgehead atoms. The third kappa shape index (κ3) is 2.34. The number of aromatic amines is 1. The number of rotatable bonds is 2.